The Morgan fingerprint density at radius 2 is 0.956 bits per heavy atom. The van der Waals surface area contributed by atoms with Crippen LogP contribution in [0.2, 0.25) is 0 Å². The summed E-state index contributed by atoms with van der Waals surface area (Å²) in [6.07, 6.45) is 29.9. The lowest BCUT2D eigenvalue weighted by Gasteiger charge is -2.04. The molecular formula is C38H54Br2N2S3. The molecule has 0 saturated carbocycles. The number of halogens is 2. The Bertz CT molecular complexity index is 1390. The maximum absolute atomic E-state index is 4.72. The number of rotatable bonds is 24. The number of aryl methyl sites for hydroxylation is 2. The molecule has 0 atom stereocenters. The van der Waals surface area contributed by atoms with Crippen LogP contribution in [0, 0.1) is 0 Å². The molecule has 0 aliphatic carbocycles. The summed E-state index contributed by atoms with van der Waals surface area (Å²) >= 11 is 12.8. The average Bonchev–Trinajstić information content (AvgIpc) is 3.77. The van der Waals surface area contributed by atoms with Crippen LogP contribution in [-0.4, -0.2) is 8.75 Å². The van der Waals surface area contributed by atoms with Crippen molar-refractivity contribution in [1.82, 2.24) is 8.75 Å². The zero-order valence-electron chi connectivity index (χ0n) is 27.7. The summed E-state index contributed by atoms with van der Waals surface area (Å²) in [5.41, 5.74) is 7.40. The zero-order valence-corrected chi connectivity index (χ0v) is 33.4. The van der Waals surface area contributed by atoms with Crippen LogP contribution in [0.15, 0.2) is 31.8 Å². The first-order chi connectivity index (χ1) is 22.1. The highest BCUT2D eigenvalue weighted by atomic mass is 79.9. The van der Waals surface area contributed by atoms with Crippen molar-refractivity contribution in [2.75, 3.05) is 0 Å². The van der Waals surface area contributed by atoms with Gasteiger partial charge < -0.3 is 0 Å². The fourth-order valence-electron chi connectivity index (χ4n) is 6.25. The van der Waals surface area contributed by atoms with Gasteiger partial charge in [-0.3, -0.25) is 0 Å². The number of unbranched alkanes of at least 4 members (excludes halogenated alkanes) is 18. The van der Waals surface area contributed by atoms with Crippen molar-refractivity contribution in [3.8, 4) is 20.9 Å². The first kappa shape index (κ1) is 37.2. The van der Waals surface area contributed by atoms with E-state index in [1.54, 1.807) is 0 Å². The van der Waals surface area contributed by atoms with Crippen LogP contribution in [0.3, 0.4) is 0 Å². The van der Waals surface area contributed by atoms with Crippen LogP contribution in [-0.2, 0) is 12.8 Å². The molecule has 0 bridgehead atoms. The maximum Gasteiger partial charge on any atom is 0.113 e. The van der Waals surface area contributed by atoms with Crippen molar-refractivity contribution in [1.29, 1.82) is 0 Å². The molecule has 0 unspecified atom stereocenters. The molecule has 0 saturated heterocycles. The molecule has 45 heavy (non-hydrogen) atoms. The van der Waals surface area contributed by atoms with E-state index < -0.39 is 0 Å². The first-order valence-electron chi connectivity index (χ1n) is 17.9. The van der Waals surface area contributed by atoms with Crippen molar-refractivity contribution in [3.05, 3.63) is 43.0 Å². The van der Waals surface area contributed by atoms with Crippen LogP contribution in [0.5, 0.6) is 0 Å². The van der Waals surface area contributed by atoms with E-state index in [1.807, 2.05) is 22.7 Å². The van der Waals surface area contributed by atoms with Crippen LogP contribution in [0.4, 0.5) is 0 Å². The van der Waals surface area contributed by atoms with Crippen LogP contribution < -0.4 is 0 Å². The van der Waals surface area contributed by atoms with Crippen molar-refractivity contribution in [2.24, 2.45) is 0 Å². The standard InChI is InChI=1S/C38H54Br2N2S3/c1-3-5-7-9-11-13-15-17-19-21-23-29-27-34(43-37(29)39)31-25-32(36-33(26-31)41-45-42-36)35-28-30(38(40)44-35)24-22-20-18-16-14-12-10-8-6-4-2/h25-28H,3-24H2,1-2H3. The molecule has 1 aromatic carbocycles. The summed E-state index contributed by atoms with van der Waals surface area (Å²) < 4.78 is 12.0. The average molecular weight is 795 g/mol. The SMILES string of the molecule is CCCCCCCCCCCCc1cc(-c2cc(-c3cc(CCCCCCCCCCCC)c(Br)s3)c3nsnc3c2)sc1Br. The Morgan fingerprint density at radius 1 is 0.511 bits per heavy atom. The molecule has 0 aliphatic rings. The van der Waals surface area contributed by atoms with Crippen molar-refractivity contribution >= 4 is 77.3 Å². The van der Waals surface area contributed by atoms with Gasteiger partial charge in [-0.2, -0.15) is 8.75 Å². The number of hydrogen-bond donors (Lipinski definition) is 0. The van der Waals surface area contributed by atoms with Gasteiger partial charge in [-0.1, -0.05) is 129 Å². The van der Waals surface area contributed by atoms with Gasteiger partial charge in [-0.15, -0.1) is 22.7 Å². The fourth-order valence-corrected chi connectivity index (χ4v) is 10.3. The molecule has 0 amide bonds. The lowest BCUT2D eigenvalue weighted by molar-refractivity contribution is 0.556. The van der Waals surface area contributed by atoms with E-state index in [9.17, 15) is 0 Å². The zero-order chi connectivity index (χ0) is 31.7. The Balaban J connectivity index is 1.30. The quantitative estimate of drug-likeness (QED) is 0.0660. The van der Waals surface area contributed by atoms with Crippen LogP contribution in [0.25, 0.3) is 31.9 Å². The molecule has 0 fully saturated rings. The summed E-state index contributed by atoms with van der Waals surface area (Å²) in [7, 11) is 0. The van der Waals surface area contributed by atoms with E-state index in [1.165, 1.54) is 180 Å². The second-order valence-electron chi connectivity index (χ2n) is 12.8. The summed E-state index contributed by atoms with van der Waals surface area (Å²) in [4.78, 5) is 2.62. The van der Waals surface area contributed by atoms with Gasteiger partial charge in [0.2, 0.25) is 0 Å². The predicted octanol–water partition coefficient (Wildman–Crippen LogP) is 15.6. The highest BCUT2D eigenvalue weighted by molar-refractivity contribution is 9.11. The molecule has 0 radical (unpaired) electrons. The molecule has 0 spiro atoms. The van der Waals surface area contributed by atoms with Gasteiger partial charge in [0.05, 0.1) is 19.3 Å². The Labute approximate surface area is 302 Å². The van der Waals surface area contributed by atoms with Crippen LogP contribution in [0.1, 0.15) is 153 Å². The van der Waals surface area contributed by atoms with E-state index in [2.05, 4.69) is 74.3 Å². The summed E-state index contributed by atoms with van der Waals surface area (Å²) in [5, 5.41) is 0. The van der Waals surface area contributed by atoms with Gasteiger partial charge in [-0.25, -0.2) is 0 Å². The Kier molecular flexibility index (Phi) is 17.7. The van der Waals surface area contributed by atoms with E-state index in [4.69, 9.17) is 4.37 Å². The minimum atomic E-state index is 1.01. The van der Waals surface area contributed by atoms with Gasteiger partial charge in [0, 0.05) is 15.3 Å². The summed E-state index contributed by atoms with van der Waals surface area (Å²) in [5.74, 6) is 0. The maximum atomic E-state index is 4.72. The highest BCUT2D eigenvalue weighted by Gasteiger charge is 2.17. The van der Waals surface area contributed by atoms with Gasteiger partial charge in [0.25, 0.3) is 0 Å². The third kappa shape index (κ3) is 12.4. The van der Waals surface area contributed by atoms with E-state index in [0.717, 1.165) is 23.9 Å². The number of nitrogens with zero attached hydrogens (tertiary/aromatic N) is 2. The van der Waals surface area contributed by atoms with Crippen molar-refractivity contribution in [3.63, 3.8) is 0 Å². The molecule has 4 rings (SSSR count). The van der Waals surface area contributed by atoms with Gasteiger partial charge >= 0.3 is 0 Å². The molecule has 3 heterocycles. The van der Waals surface area contributed by atoms with E-state index in [0.29, 0.717) is 0 Å². The van der Waals surface area contributed by atoms with E-state index >= 15 is 0 Å². The molecule has 0 aliphatic heterocycles. The summed E-state index contributed by atoms with van der Waals surface area (Å²) in [6, 6.07) is 9.41. The predicted molar refractivity (Wildman–Crippen MR) is 211 cm³/mol. The molecule has 0 N–H and O–H groups in total. The lowest BCUT2D eigenvalue weighted by atomic mass is 10.0. The first-order valence-corrected chi connectivity index (χ1v) is 21.9. The van der Waals surface area contributed by atoms with Gasteiger partial charge in [-0.05, 0) is 98.5 Å². The third-order valence-corrected chi connectivity index (χ3v) is 13.6. The van der Waals surface area contributed by atoms with Crippen molar-refractivity contribution < 1.29 is 0 Å². The topological polar surface area (TPSA) is 25.8 Å². The second-order valence-corrected chi connectivity index (χ2v) is 18.1. The van der Waals surface area contributed by atoms with Gasteiger partial charge in [0.1, 0.15) is 11.0 Å². The molecule has 4 aromatic rings. The molecule has 7 heteroatoms. The number of hydrogen-bond acceptors (Lipinski definition) is 5. The second kappa shape index (κ2) is 21.4. The number of thiophene rings is 2. The van der Waals surface area contributed by atoms with Crippen molar-refractivity contribution in [2.45, 2.75) is 155 Å². The Hall–Kier alpha value is -0.600. The molecule has 3 aromatic heterocycles. The number of benzene rings is 1. The normalized spacial score (nSPS) is 11.7. The molecular weight excluding hydrogens is 740 g/mol. The third-order valence-electron chi connectivity index (χ3n) is 9.03. The monoisotopic (exact) mass is 792 g/mol. The minimum absolute atomic E-state index is 1.01. The number of fused-ring (bicyclic) bond motifs is 1. The summed E-state index contributed by atoms with van der Waals surface area (Å²) in [6.45, 7) is 4.59. The lowest BCUT2D eigenvalue weighted by Crippen LogP contribution is -1.86. The highest BCUT2D eigenvalue weighted by Crippen LogP contribution is 2.43. The van der Waals surface area contributed by atoms with Gasteiger partial charge in [0.15, 0.2) is 0 Å². The Morgan fingerprint density at radius 3 is 1.47 bits per heavy atom. The number of aromatic nitrogens is 2. The van der Waals surface area contributed by atoms with Crippen LogP contribution >= 0.6 is 66.3 Å². The fraction of sp³-hybridized carbons (Fsp3) is 0.632. The molecule has 2 nitrogen and oxygen atoms in total. The smallest absolute Gasteiger partial charge is 0.113 e. The van der Waals surface area contributed by atoms with E-state index in [-0.39, 0.29) is 0 Å². The largest absolute Gasteiger partial charge is 0.173 e. The molecule has 248 valence electrons. The minimum Gasteiger partial charge on any atom is -0.173 e.